The maximum absolute atomic E-state index is 13.1. The van der Waals surface area contributed by atoms with Crippen LogP contribution in [0.2, 0.25) is 5.02 Å². The van der Waals surface area contributed by atoms with Gasteiger partial charge < -0.3 is 21.1 Å². The molecular formula is C25H20ClN7O5. The number of tetrazole rings is 1. The van der Waals surface area contributed by atoms with Gasteiger partial charge in [0.15, 0.2) is 0 Å². The first-order chi connectivity index (χ1) is 18.3. The van der Waals surface area contributed by atoms with Gasteiger partial charge in [0.05, 0.1) is 16.9 Å². The highest BCUT2D eigenvalue weighted by molar-refractivity contribution is 6.40. The van der Waals surface area contributed by atoms with E-state index in [2.05, 4.69) is 31.5 Å². The van der Waals surface area contributed by atoms with Crippen LogP contribution in [0, 0.1) is 0 Å². The Morgan fingerprint density at radius 2 is 1.66 bits per heavy atom. The molecule has 192 valence electrons. The van der Waals surface area contributed by atoms with Gasteiger partial charge in [0.1, 0.15) is 12.4 Å². The maximum atomic E-state index is 13.1. The predicted octanol–water partition coefficient (Wildman–Crippen LogP) is 2.32. The van der Waals surface area contributed by atoms with E-state index >= 15 is 0 Å². The minimum Gasteiger partial charge on any atom is -0.478 e. The molecule has 0 aliphatic rings. The molecule has 3 amide bonds. The van der Waals surface area contributed by atoms with E-state index in [0.717, 1.165) is 5.56 Å². The molecule has 1 heterocycles. The second-order valence-electron chi connectivity index (χ2n) is 7.96. The largest absolute Gasteiger partial charge is 0.478 e. The van der Waals surface area contributed by atoms with E-state index in [9.17, 15) is 19.2 Å². The van der Waals surface area contributed by atoms with Crippen molar-refractivity contribution in [1.82, 2.24) is 25.5 Å². The second kappa shape index (κ2) is 11.8. The van der Waals surface area contributed by atoms with Gasteiger partial charge in [-0.2, -0.15) is 4.68 Å². The summed E-state index contributed by atoms with van der Waals surface area (Å²) in [5.41, 5.74) is 1.65. The fourth-order valence-corrected chi connectivity index (χ4v) is 3.64. The van der Waals surface area contributed by atoms with Crippen LogP contribution in [0.1, 0.15) is 15.9 Å². The van der Waals surface area contributed by atoms with Crippen LogP contribution in [0.25, 0.3) is 5.69 Å². The Balaban J connectivity index is 1.50. The van der Waals surface area contributed by atoms with Gasteiger partial charge in [-0.3, -0.25) is 14.4 Å². The first kappa shape index (κ1) is 26.0. The average Bonchev–Trinajstić information content (AvgIpc) is 3.44. The molecule has 0 saturated carbocycles. The number of benzene rings is 3. The molecule has 13 heteroatoms. The molecule has 3 aromatic carbocycles. The lowest BCUT2D eigenvalue weighted by atomic mass is 10.0. The molecule has 0 aliphatic heterocycles. The quantitative estimate of drug-likeness (QED) is 0.250. The minimum atomic E-state index is -1.13. The number of aromatic carboxylic acids is 1. The number of carbonyl (C=O) groups excluding carboxylic acids is 3. The van der Waals surface area contributed by atoms with Crippen LogP contribution < -0.4 is 16.0 Å². The predicted molar refractivity (Wildman–Crippen MR) is 137 cm³/mol. The number of hydrogen-bond donors (Lipinski definition) is 4. The van der Waals surface area contributed by atoms with E-state index in [1.165, 1.54) is 41.3 Å². The molecule has 0 aliphatic carbocycles. The Labute approximate surface area is 220 Å². The number of amides is 3. The lowest BCUT2D eigenvalue weighted by Gasteiger charge is -2.19. The first-order valence-electron chi connectivity index (χ1n) is 11.1. The molecule has 0 radical (unpaired) electrons. The van der Waals surface area contributed by atoms with Crippen molar-refractivity contribution in [3.63, 3.8) is 0 Å². The zero-order valence-electron chi connectivity index (χ0n) is 19.5. The van der Waals surface area contributed by atoms with Crippen molar-refractivity contribution in [2.45, 2.75) is 12.5 Å². The topological polar surface area (TPSA) is 168 Å². The molecule has 0 bridgehead atoms. The molecule has 4 rings (SSSR count). The highest BCUT2D eigenvalue weighted by atomic mass is 35.5. The molecule has 0 saturated heterocycles. The molecule has 4 N–H and O–H groups in total. The van der Waals surface area contributed by atoms with Gasteiger partial charge in [-0.25, -0.2) is 4.79 Å². The van der Waals surface area contributed by atoms with Crippen LogP contribution in [-0.4, -0.2) is 55.0 Å². The fourth-order valence-electron chi connectivity index (χ4n) is 3.47. The fraction of sp³-hybridized carbons (Fsp3) is 0.0800. The highest BCUT2D eigenvalue weighted by Gasteiger charge is 2.26. The third-order valence-corrected chi connectivity index (χ3v) is 5.55. The number of rotatable bonds is 8. The van der Waals surface area contributed by atoms with Crippen LogP contribution in [0.4, 0.5) is 11.4 Å². The van der Waals surface area contributed by atoms with Crippen molar-refractivity contribution in [2.75, 3.05) is 10.6 Å². The Kier molecular flexibility index (Phi) is 8.04. The van der Waals surface area contributed by atoms with E-state index in [4.69, 9.17) is 16.7 Å². The van der Waals surface area contributed by atoms with Crippen molar-refractivity contribution in [3.05, 3.63) is 95.3 Å². The molecule has 12 nitrogen and oxygen atoms in total. The Morgan fingerprint density at radius 1 is 0.921 bits per heavy atom. The van der Waals surface area contributed by atoms with E-state index < -0.39 is 29.7 Å². The first-order valence-corrected chi connectivity index (χ1v) is 11.5. The third kappa shape index (κ3) is 6.56. The van der Waals surface area contributed by atoms with Gasteiger partial charge >= 0.3 is 17.8 Å². The third-order valence-electron chi connectivity index (χ3n) is 5.31. The summed E-state index contributed by atoms with van der Waals surface area (Å²) in [6.07, 6.45) is 1.40. The van der Waals surface area contributed by atoms with Crippen LogP contribution >= 0.6 is 11.6 Å². The molecule has 38 heavy (non-hydrogen) atoms. The van der Waals surface area contributed by atoms with Crippen molar-refractivity contribution in [2.24, 2.45) is 0 Å². The SMILES string of the molecule is O=C(Nc1cc(Cl)ccc1-n1cnnn1)C(=O)NC(Cc1ccccc1)C(=O)Nc1ccc(C(=O)O)cc1. The Hall–Kier alpha value is -5.10. The van der Waals surface area contributed by atoms with Crippen LogP contribution in [-0.2, 0) is 20.8 Å². The lowest BCUT2D eigenvalue weighted by molar-refractivity contribution is -0.137. The van der Waals surface area contributed by atoms with E-state index in [1.807, 2.05) is 6.07 Å². The Morgan fingerprint density at radius 3 is 2.32 bits per heavy atom. The zero-order valence-corrected chi connectivity index (χ0v) is 20.3. The molecular weight excluding hydrogens is 514 g/mol. The van der Waals surface area contributed by atoms with Gasteiger partial charge in [-0.15, -0.1) is 5.10 Å². The van der Waals surface area contributed by atoms with Crippen molar-refractivity contribution < 1.29 is 24.3 Å². The smallest absolute Gasteiger partial charge is 0.335 e. The van der Waals surface area contributed by atoms with Crippen molar-refractivity contribution in [3.8, 4) is 5.69 Å². The molecule has 0 fully saturated rings. The van der Waals surface area contributed by atoms with E-state index in [-0.39, 0.29) is 17.7 Å². The average molecular weight is 534 g/mol. The number of hydrogen-bond acceptors (Lipinski definition) is 7. The summed E-state index contributed by atoms with van der Waals surface area (Å²) in [6.45, 7) is 0. The molecule has 4 aromatic rings. The van der Waals surface area contributed by atoms with E-state index in [1.54, 1.807) is 36.4 Å². The van der Waals surface area contributed by atoms with Gasteiger partial charge in [0.25, 0.3) is 0 Å². The summed E-state index contributed by atoms with van der Waals surface area (Å²) < 4.78 is 1.28. The van der Waals surface area contributed by atoms with Gasteiger partial charge in [-0.05, 0) is 58.5 Å². The summed E-state index contributed by atoms with van der Waals surface area (Å²) in [5.74, 6) is -3.82. The van der Waals surface area contributed by atoms with Crippen molar-refractivity contribution in [1.29, 1.82) is 0 Å². The normalized spacial score (nSPS) is 11.3. The number of halogens is 1. The second-order valence-corrected chi connectivity index (χ2v) is 8.39. The van der Waals surface area contributed by atoms with Gasteiger partial charge in [-0.1, -0.05) is 41.9 Å². The van der Waals surface area contributed by atoms with E-state index in [0.29, 0.717) is 16.4 Å². The number of anilines is 2. The molecule has 1 unspecified atom stereocenters. The number of carboxylic acid groups (broad SMARTS) is 1. The number of nitrogens with one attached hydrogen (secondary N) is 3. The summed E-state index contributed by atoms with van der Waals surface area (Å²) in [6, 6.07) is 17.9. The summed E-state index contributed by atoms with van der Waals surface area (Å²) in [7, 11) is 0. The maximum Gasteiger partial charge on any atom is 0.335 e. The van der Waals surface area contributed by atoms with Crippen LogP contribution in [0.5, 0.6) is 0 Å². The zero-order chi connectivity index (χ0) is 27.1. The van der Waals surface area contributed by atoms with Crippen LogP contribution in [0.15, 0.2) is 79.1 Å². The molecule has 1 aromatic heterocycles. The highest BCUT2D eigenvalue weighted by Crippen LogP contribution is 2.23. The Bertz CT molecular complexity index is 1460. The van der Waals surface area contributed by atoms with Crippen molar-refractivity contribution >= 4 is 46.7 Å². The summed E-state index contributed by atoms with van der Waals surface area (Å²) in [5, 5.41) is 27.8. The standard InChI is InChI=1S/C25H20ClN7O5/c26-17-8-11-21(33-14-27-31-32-33)19(13-17)29-23(35)24(36)30-20(12-15-4-2-1-3-5-15)22(34)28-18-9-6-16(7-10-18)25(37)38/h1-11,13-14,20H,12H2,(H,28,34)(H,29,35)(H,30,36)(H,37,38). The lowest BCUT2D eigenvalue weighted by Crippen LogP contribution is -2.49. The van der Waals surface area contributed by atoms with Gasteiger partial charge in [0, 0.05) is 17.1 Å². The summed E-state index contributed by atoms with van der Waals surface area (Å²) >= 11 is 6.06. The van der Waals surface area contributed by atoms with Crippen LogP contribution in [0.3, 0.4) is 0 Å². The molecule has 0 spiro atoms. The number of aromatic nitrogens is 4. The van der Waals surface area contributed by atoms with Gasteiger partial charge in [0.2, 0.25) is 5.91 Å². The number of nitrogens with zero attached hydrogens (tertiary/aromatic N) is 4. The summed E-state index contributed by atoms with van der Waals surface area (Å²) in [4.78, 5) is 49.8. The molecule has 1 atom stereocenters. The monoisotopic (exact) mass is 533 g/mol. The number of carboxylic acids is 1. The number of carbonyl (C=O) groups is 4. The minimum absolute atomic E-state index is 0.0517.